The molecular formula is C14H19N3O2. The molecule has 0 saturated heterocycles. The van der Waals surface area contributed by atoms with Crippen LogP contribution in [0.1, 0.15) is 29.3 Å². The van der Waals surface area contributed by atoms with Crippen LogP contribution in [0.5, 0.6) is 0 Å². The van der Waals surface area contributed by atoms with E-state index in [2.05, 4.69) is 12.1 Å². The van der Waals surface area contributed by atoms with E-state index in [1.165, 1.54) is 6.42 Å². The summed E-state index contributed by atoms with van der Waals surface area (Å²) in [4.78, 5) is 14.0. The fourth-order valence-corrected chi connectivity index (χ4v) is 2.18. The van der Waals surface area contributed by atoms with Crippen LogP contribution in [0.25, 0.3) is 0 Å². The van der Waals surface area contributed by atoms with Gasteiger partial charge >= 0.3 is 0 Å². The molecule has 0 heterocycles. The van der Waals surface area contributed by atoms with E-state index in [1.54, 1.807) is 29.2 Å². The normalized spacial score (nSPS) is 22.1. The molecule has 0 radical (unpaired) electrons. The van der Waals surface area contributed by atoms with Crippen molar-refractivity contribution >= 4 is 11.7 Å². The van der Waals surface area contributed by atoms with Gasteiger partial charge in [-0.2, -0.15) is 0 Å². The summed E-state index contributed by atoms with van der Waals surface area (Å²) in [6.07, 6.45) is 1.20. The minimum Gasteiger partial charge on any atom is -0.409 e. The third kappa shape index (κ3) is 3.05. The third-order valence-electron chi connectivity index (χ3n) is 3.64. The Bertz CT molecular complexity index is 513. The first kappa shape index (κ1) is 13.4. The highest BCUT2D eigenvalue weighted by molar-refractivity contribution is 6.01. The van der Waals surface area contributed by atoms with Crippen molar-refractivity contribution in [3.8, 4) is 0 Å². The predicted octanol–water partition coefficient (Wildman–Crippen LogP) is 1.51. The van der Waals surface area contributed by atoms with Gasteiger partial charge in [-0.15, -0.1) is 0 Å². The van der Waals surface area contributed by atoms with E-state index in [1.807, 2.05) is 7.05 Å². The number of amides is 1. The molecule has 5 nitrogen and oxygen atoms in total. The molecule has 2 atom stereocenters. The molecule has 1 fully saturated rings. The lowest BCUT2D eigenvalue weighted by molar-refractivity contribution is 0.0787. The molecule has 2 rings (SSSR count). The number of nitrogens with zero attached hydrogens (tertiary/aromatic N) is 2. The van der Waals surface area contributed by atoms with Gasteiger partial charge in [-0.05, 0) is 30.4 Å². The fraction of sp³-hybridized carbons (Fsp3) is 0.429. The van der Waals surface area contributed by atoms with E-state index in [0.717, 1.165) is 12.5 Å². The summed E-state index contributed by atoms with van der Waals surface area (Å²) in [7, 11) is 1.81. The van der Waals surface area contributed by atoms with E-state index in [4.69, 9.17) is 10.9 Å². The zero-order valence-corrected chi connectivity index (χ0v) is 11.2. The third-order valence-corrected chi connectivity index (χ3v) is 3.64. The molecule has 1 saturated carbocycles. The molecular weight excluding hydrogens is 242 g/mol. The number of benzene rings is 1. The molecule has 1 aromatic rings. The number of nitrogens with two attached hydrogens (primary N) is 1. The van der Waals surface area contributed by atoms with Crippen LogP contribution in [-0.2, 0) is 0 Å². The first-order valence-corrected chi connectivity index (χ1v) is 6.36. The minimum atomic E-state index is -0.0355. The molecule has 5 heteroatoms. The van der Waals surface area contributed by atoms with Gasteiger partial charge < -0.3 is 15.8 Å². The molecule has 19 heavy (non-hydrogen) atoms. The predicted molar refractivity (Wildman–Crippen MR) is 73.2 cm³/mol. The maximum atomic E-state index is 12.3. The van der Waals surface area contributed by atoms with Crippen molar-refractivity contribution in [1.29, 1.82) is 0 Å². The minimum absolute atomic E-state index is 0.00752. The Hall–Kier alpha value is -2.04. The van der Waals surface area contributed by atoms with Crippen LogP contribution < -0.4 is 5.73 Å². The first-order chi connectivity index (χ1) is 9.02. The van der Waals surface area contributed by atoms with Gasteiger partial charge in [0.15, 0.2) is 5.84 Å². The molecule has 1 aliphatic rings. The molecule has 1 amide bonds. The van der Waals surface area contributed by atoms with Crippen LogP contribution in [0, 0.1) is 11.8 Å². The van der Waals surface area contributed by atoms with Gasteiger partial charge in [0.2, 0.25) is 0 Å². The van der Waals surface area contributed by atoms with E-state index in [9.17, 15) is 4.79 Å². The molecule has 0 aliphatic heterocycles. The van der Waals surface area contributed by atoms with Gasteiger partial charge in [-0.1, -0.05) is 24.2 Å². The van der Waals surface area contributed by atoms with Crippen LogP contribution in [0.3, 0.4) is 0 Å². The summed E-state index contributed by atoms with van der Waals surface area (Å²) in [6, 6.07) is 6.82. The van der Waals surface area contributed by atoms with Crippen LogP contribution in [-0.4, -0.2) is 35.4 Å². The van der Waals surface area contributed by atoms with E-state index in [-0.39, 0.29) is 11.7 Å². The Morgan fingerprint density at radius 3 is 2.74 bits per heavy atom. The van der Waals surface area contributed by atoms with Crippen LogP contribution >= 0.6 is 0 Å². The summed E-state index contributed by atoms with van der Waals surface area (Å²) in [5, 5.41) is 11.6. The Labute approximate surface area is 112 Å². The monoisotopic (exact) mass is 261 g/mol. The number of hydrogen-bond donors (Lipinski definition) is 2. The SMILES string of the molecule is CC1CC1CN(C)C(=O)c1cccc(/C(N)=N/O)c1. The van der Waals surface area contributed by atoms with Crippen molar-refractivity contribution in [3.63, 3.8) is 0 Å². The highest BCUT2D eigenvalue weighted by atomic mass is 16.4. The lowest BCUT2D eigenvalue weighted by Gasteiger charge is -2.17. The zero-order valence-electron chi connectivity index (χ0n) is 11.2. The number of oxime groups is 1. The Morgan fingerprint density at radius 1 is 1.53 bits per heavy atom. The van der Waals surface area contributed by atoms with Crippen LogP contribution in [0.15, 0.2) is 29.4 Å². The second kappa shape index (κ2) is 5.30. The summed E-state index contributed by atoms with van der Waals surface area (Å²) in [5.41, 5.74) is 6.62. The second-order valence-corrected chi connectivity index (χ2v) is 5.22. The quantitative estimate of drug-likeness (QED) is 0.373. The van der Waals surface area contributed by atoms with Crippen molar-refractivity contribution in [2.45, 2.75) is 13.3 Å². The van der Waals surface area contributed by atoms with Crippen molar-refractivity contribution in [2.24, 2.45) is 22.7 Å². The summed E-state index contributed by atoms with van der Waals surface area (Å²) < 4.78 is 0. The highest BCUT2D eigenvalue weighted by Gasteiger charge is 2.34. The smallest absolute Gasteiger partial charge is 0.253 e. The average molecular weight is 261 g/mol. The molecule has 102 valence electrons. The second-order valence-electron chi connectivity index (χ2n) is 5.22. The maximum Gasteiger partial charge on any atom is 0.253 e. The molecule has 1 aromatic carbocycles. The van der Waals surface area contributed by atoms with Gasteiger partial charge in [-0.25, -0.2) is 0 Å². The standard InChI is InChI=1S/C14H19N3O2/c1-9-6-12(9)8-17(2)14(18)11-5-3-4-10(7-11)13(15)16-19/h3-5,7,9,12,19H,6,8H2,1-2H3,(H2,15,16). The van der Waals surface area contributed by atoms with E-state index >= 15 is 0 Å². The Morgan fingerprint density at radius 2 is 2.16 bits per heavy atom. The van der Waals surface area contributed by atoms with Gasteiger partial charge in [0, 0.05) is 24.7 Å². The number of hydrogen-bond acceptors (Lipinski definition) is 3. The Balaban J connectivity index is 2.10. The number of carbonyl (C=O) groups excluding carboxylic acids is 1. The molecule has 3 N–H and O–H groups in total. The number of carbonyl (C=O) groups is 1. The summed E-state index contributed by atoms with van der Waals surface area (Å²) in [5.74, 6) is 1.32. The van der Waals surface area contributed by atoms with Gasteiger partial charge in [0.25, 0.3) is 5.91 Å². The van der Waals surface area contributed by atoms with Crippen LogP contribution in [0.4, 0.5) is 0 Å². The van der Waals surface area contributed by atoms with Crippen molar-refractivity contribution < 1.29 is 10.0 Å². The number of amidine groups is 1. The molecule has 1 aliphatic carbocycles. The molecule has 0 bridgehead atoms. The van der Waals surface area contributed by atoms with Crippen LogP contribution in [0.2, 0.25) is 0 Å². The topological polar surface area (TPSA) is 78.9 Å². The molecule has 0 aromatic heterocycles. The maximum absolute atomic E-state index is 12.3. The first-order valence-electron chi connectivity index (χ1n) is 6.36. The largest absolute Gasteiger partial charge is 0.409 e. The van der Waals surface area contributed by atoms with Crippen molar-refractivity contribution in [1.82, 2.24) is 4.90 Å². The van der Waals surface area contributed by atoms with E-state index < -0.39 is 0 Å². The average Bonchev–Trinajstić information content (AvgIpc) is 3.12. The molecule has 0 spiro atoms. The molecule has 2 unspecified atom stereocenters. The summed E-state index contributed by atoms with van der Waals surface area (Å²) >= 11 is 0. The van der Waals surface area contributed by atoms with Crippen molar-refractivity contribution in [2.75, 3.05) is 13.6 Å². The lowest BCUT2D eigenvalue weighted by Crippen LogP contribution is -2.29. The highest BCUT2D eigenvalue weighted by Crippen LogP contribution is 2.38. The van der Waals surface area contributed by atoms with Crippen molar-refractivity contribution in [3.05, 3.63) is 35.4 Å². The van der Waals surface area contributed by atoms with Gasteiger partial charge in [0.05, 0.1) is 0 Å². The van der Waals surface area contributed by atoms with Gasteiger partial charge in [0.1, 0.15) is 0 Å². The van der Waals surface area contributed by atoms with E-state index in [0.29, 0.717) is 17.0 Å². The Kier molecular flexibility index (Phi) is 3.74. The van der Waals surface area contributed by atoms with Gasteiger partial charge in [-0.3, -0.25) is 4.79 Å². The lowest BCUT2D eigenvalue weighted by atomic mass is 10.1. The number of rotatable bonds is 4. The fourth-order valence-electron chi connectivity index (χ4n) is 2.18. The summed E-state index contributed by atoms with van der Waals surface area (Å²) in [6.45, 7) is 2.98. The zero-order chi connectivity index (χ0) is 14.0.